The molecule has 0 saturated heterocycles. The Hall–Kier alpha value is -1.39. The van der Waals surface area contributed by atoms with Gasteiger partial charge in [0.15, 0.2) is 0 Å². The standard InChI is InChI=1S/C17H23NO2S/c1-13-7-5-6-8-16(13)21(19)12-15-10-9-14(20-15)11-18-17(2,3)4/h5-10,18H,11-12H2,1-4H3. The Balaban J connectivity index is 1.99. The van der Waals surface area contributed by atoms with Crippen LogP contribution in [-0.2, 0) is 23.1 Å². The van der Waals surface area contributed by atoms with E-state index in [0.717, 1.165) is 22.0 Å². The Bertz CT molecular complexity index is 626. The molecule has 1 unspecified atom stereocenters. The lowest BCUT2D eigenvalue weighted by atomic mass is 10.1. The molecule has 3 nitrogen and oxygen atoms in total. The van der Waals surface area contributed by atoms with Crippen LogP contribution >= 0.6 is 0 Å². The van der Waals surface area contributed by atoms with Crippen LogP contribution in [0.5, 0.6) is 0 Å². The van der Waals surface area contributed by atoms with Crippen LogP contribution in [0.25, 0.3) is 0 Å². The third-order valence-corrected chi connectivity index (χ3v) is 4.62. The minimum absolute atomic E-state index is 0.0525. The van der Waals surface area contributed by atoms with E-state index in [9.17, 15) is 4.21 Å². The van der Waals surface area contributed by atoms with E-state index in [2.05, 4.69) is 26.1 Å². The third kappa shape index (κ3) is 4.83. The fourth-order valence-corrected chi connectivity index (χ4v) is 3.19. The van der Waals surface area contributed by atoms with Crippen molar-refractivity contribution >= 4 is 10.8 Å². The number of aryl methyl sites for hydroxylation is 1. The first-order valence-corrected chi connectivity index (χ1v) is 8.44. The highest BCUT2D eigenvalue weighted by atomic mass is 32.2. The van der Waals surface area contributed by atoms with Crippen LogP contribution in [0.3, 0.4) is 0 Å². The van der Waals surface area contributed by atoms with Crippen LogP contribution in [0.1, 0.15) is 37.9 Å². The van der Waals surface area contributed by atoms with Gasteiger partial charge in [-0.05, 0) is 51.5 Å². The van der Waals surface area contributed by atoms with Gasteiger partial charge in [-0.3, -0.25) is 4.21 Å². The first kappa shape index (κ1) is 16.0. The van der Waals surface area contributed by atoms with Gasteiger partial charge >= 0.3 is 0 Å². The highest BCUT2D eigenvalue weighted by Crippen LogP contribution is 2.18. The summed E-state index contributed by atoms with van der Waals surface area (Å²) in [6.45, 7) is 9.01. The minimum Gasteiger partial charge on any atom is -0.464 e. The Labute approximate surface area is 129 Å². The summed E-state index contributed by atoms with van der Waals surface area (Å²) >= 11 is 0. The van der Waals surface area contributed by atoms with E-state index in [1.165, 1.54) is 0 Å². The lowest BCUT2D eigenvalue weighted by molar-refractivity contribution is 0.382. The topological polar surface area (TPSA) is 42.2 Å². The molecule has 4 heteroatoms. The van der Waals surface area contributed by atoms with E-state index in [1.807, 2.05) is 43.3 Å². The van der Waals surface area contributed by atoms with E-state index in [4.69, 9.17) is 4.42 Å². The van der Waals surface area contributed by atoms with E-state index >= 15 is 0 Å². The number of hydrogen-bond acceptors (Lipinski definition) is 3. The summed E-state index contributed by atoms with van der Waals surface area (Å²) in [5.74, 6) is 2.06. The molecule has 0 bridgehead atoms. The molecule has 1 N–H and O–H groups in total. The van der Waals surface area contributed by atoms with Gasteiger partial charge in [-0.15, -0.1) is 0 Å². The monoisotopic (exact) mass is 305 g/mol. The maximum atomic E-state index is 12.4. The summed E-state index contributed by atoms with van der Waals surface area (Å²) in [4.78, 5) is 0.878. The zero-order chi connectivity index (χ0) is 15.5. The van der Waals surface area contributed by atoms with Gasteiger partial charge in [0.2, 0.25) is 0 Å². The van der Waals surface area contributed by atoms with Gasteiger partial charge < -0.3 is 9.73 Å². The van der Waals surface area contributed by atoms with Gasteiger partial charge in [0, 0.05) is 10.4 Å². The fraction of sp³-hybridized carbons (Fsp3) is 0.412. The average Bonchev–Trinajstić information content (AvgIpc) is 2.83. The molecule has 2 rings (SSSR count). The predicted octanol–water partition coefficient (Wildman–Crippen LogP) is 3.78. The van der Waals surface area contributed by atoms with Crippen LogP contribution in [0.4, 0.5) is 0 Å². The molecule has 0 aliphatic rings. The zero-order valence-electron chi connectivity index (χ0n) is 13.1. The van der Waals surface area contributed by atoms with Crippen molar-refractivity contribution in [2.45, 2.75) is 50.4 Å². The molecule has 0 aliphatic heterocycles. The van der Waals surface area contributed by atoms with Gasteiger partial charge in [0.05, 0.1) is 23.1 Å². The van der Waals surface area contributed by atoms with Crippen molar-refractivity contribution in [2.24, 2.45) is 0 Å². The Morgan fingerprint density at radius 1 is 1.10 bits per heavy atom. The quantitative estimate of drug-likeness (QED) is 0.914. The van der Waals surface area contributed by atoms with Crippen molar-refractivity contribution in [1.82, 2.24) is 5.32 Å². The van der Waals surface area contributed by atoms with E-state index < -0.39 is 10.8 Å². The largest absolute Gasteiger partial charge is 0.464 e. The first-order chi connectivity index (χ1) is 9.85. The second-order valence-corrected chi connectivity index (χ2v) is 7.65. The van der Waals surface area contributed by atoms with Crippen molar-refractivity contribution < 1.29 is 8.63 Å². The summed E-state index contributed by atoms with van der Waals surface area (Å²) in [5, 5.41) is 3.38. The average molecular weight is 305 g/mol. The number of hydrogen-bond donors (Lipinski definition) is 1. The van der Waals surface area contributed by atoms with Crippen molar-refractivity contribution in [3.8, 4) is 0 Å². The molecule has 0 spiro atoms. The molecule has 114 valence electrons. The SMILES string of the molecule is Cc1ccccc1S(=O)Cc1ccc(CNC(C)(C)C)o1. The molecular formula is C17H23NO2S. The van der Waals surface area contributed by atoms with Crippen LogP contribution in [0.2, 0.25) is 0 Å². The molecule has 0 saturated carbocycles. The van der Waals surface area contributed by atoms with Gasteiger partial charge in [0.1, 0.15) is 11.5 Å². The molecule has 2 aromatic rings. The van der Waals surface area contributed by atoms with Crippen molar-refractivity contribution in [1.29, 1.82) is 0 Å². The summed E-state index contributed by atoms with van der Waals surface area (Å²) in [6, 6.07) is 11.6. The Morgan fingerprint density at radius 2 is 1.76 bits per heavy atom. The fourth-order valence-electron chi connectivity index (χ4n) is 1.97. The van der Waals surface area contributed by atoms with Crippen molar-refractivity contribution in [3.63, 3.8) is 0 Å². The minimum atomic E-state index is -1.07. The van der Waals surface area contributed by atoms with E-state index in [0.29, 0.717) is 12.3 Å². The molecule has 0 radical (unpaired) electrons. The highest BCUT2D eigenvalue weighted by Gasteiger charge is 2.13. The van der Waals surface area contributed by atoms with Gasteiger partial charge in [-0.25, -0.2) is 0 Å². The van der Waals surface area contributed by atoms with Crippen molar-refractivity contribution in [3.05, 3.63) is 53.5 Å². The van der Waals surface area contributed by atoms with Crippen LogP contribution in [0.15, 0.2) is 45.7 Å². The van der Waals surface area contributed by atoms with E-state index in [-0.39, 0.29) is 5.54 Å². The Kier molecular flexibility index (Phi) is 5.01. The molecule has 1 aromatic carbocycles. The smallest absolute Gasteiger partial charge is 0.118 e. The molecule has 1 atom stereocenters. The highest BCUT2D eigenvalue weighted by molar-refractivity contribution is 7.84. The van der Waals surface area contributed by atoms with Crippen LogP contribution in [0, 0.1) is 6.92 Å². The first-order valence-electron chi connectivity index (χ1n) is 7.12. The van der Waals surface area contributed by atoms with Crippen molar-refractivity contribution in [2.75, 3.05) is 0 Å². The normalized spacial score (nSPS) is 13.3. The third-order valence-electron chi connectivity index (χ3n) is 3.12. The van der Waals surface area contributed by atoms with Gasteiger partial charge in [-0.1, -0.05) is 18.2 Å². The Morgan fingerprint density at radius 3 is 2.43 bits per heavy atom. The predicted molar refractivity (Wildman–Crippen MR) is 86.6 cm³/mol. The summed E-state index contributed by atoms with van der Waals surface area (Å²) in [5.41, 5.74) is 1.11. The molecular weight excluding hydrogens is 282 g/mol. The summed E-state index contributed by atoms with van der Waals surface area (Å²) < 4.78 is 18.2. The van der Waals surface area contributed by atoms with Crippen LogP contribution < -0.4 is 5.32 Å². The summed E-state index contributed by atoms with van der Waals surface area (Å²) in [7, 11) is -1.07. The molecule has 0 amide bonds. The second kappa shape index (κ2) is 6.58. The molecule has 0 aliphatic carbocycles. The molecule has 1 aromatic heterocycles. The maximum Gasteiger partial charge on any atom is 0.118 e. The molecule has 0 fully saturated rings. The van der Waals surface area contributed by atoms with Crippen LogP contribution in [-0.4, -0.2) is 9.75 Å². The number of nitrogens with one attached hydrogen (secondary N) is 1. The van der Waals surface area contributed by atoms with E-state index in [1.54, 1.807) is 0 Å². The number of furan rings is 1. The van der Waals surface area contributed by atoms with Gasteiger partial charge in [-0.2, -0.15) is 0 Å². The zero-order valence-corrected chi connectivity index (χ0v) is 13.9. The lowest BCUT2D eigenvalue weighted by Crippen LogP contribution is -2.34. The molecule has 21 heavy (non-hydrogen) atoms. The maximum absolute atomic E-state index is 12.4. The van der Waals surface area contributed by atoms with Gasteiger partial charge in [0.25, 0.3) is 0 Å². The lowest BCUT2D eigenvalue weighted by Gasteiger charge is -2.19. The number of rotatable bonds is 5. The molecule has 1 heterocycles. The second-order valence-electron chi connectivity index (χ2n) is 6.23. The number of benzene rings is 1. The summed E-state index contributed by atoms with van der Waals surface area (Å²) in [6.07, 6.45) is 0.